The largest absolute Gasteiger partial charge is 0.336 e. The van der Waals surface area contributed by atoms with Gasteiger partial charge in [-0.05, 0) is 31.5 Å². The summed E-state index contributed by atoms with van der Waals surface area (Å²) in [5, 5.41) is 0.502. The molecule has 0 spiro atoms. The molecule has 150 valence electrons. The van der Waals surface area contributed by atoms with Crippen molar-refractivity contribution in [3.8, 4) is 0 Å². The Balaban J connectivity index is 1.45. The van der Waals surface area contributed by atoms with Crippen LogP contribution in [0.3, 0.4) is 0 Å². The van der Waals surface area contributed by atoms with Crippen LogP contribution in [0.2, 0.25) is 0 Å². The minimum atomic E-state index is -0.204. The van der Waals surface area contributed by atoms with E-state index in [1.807, 2.05) is 35.2 Å². The number of aryl methyl sites for hydroxylation is 1. The highest BCUT2D eigenvalue weighted by Crippen LogP contribution is 2.27. The van der Waals surface area contributed by atoms with E-state index in [2.05, 4.69) is 14.9 Å². The molecule has 3 heterocycles. The summed E-state index contributed by atoms with van der Waals surface area (Å²) >= 11 is 1.27. The minimum absolute atomic E-state index is 0.0454. The molecule has 3 aromatic rings. The normalized spacial score (nSPS) is 15.0. The number of amides is 1. The van der Waals surface area contributed by atoms with Gasteiger partial charge in [0.15, 0.2) is 5.78 Å². The van der Waals surface area contributed by atoms with Crippen LogP contribution in [-0.2, 0) is 6.54 Å². The Morgan fingerprint density at radius 2 is 1.83 bits per heavy atom. The van der Waals surface area contributed by atoms with E-state index in [-0.39, 0.29) is 17.2 Å². The number of Topliss-reactive ketones (excluding diaryl/α,β-unsaturated/α-hetero) is 1. The molecule has 1 N–H and O–H groups in total. The zero-order valence-electron chi connectivity index (χ0n) is 16.4. The molecule has 0 bridgehead atoms. The van der Waals surface area contributed by atoms with Gasteiger partial charge in [0.05, 0.1) is 16.8 Å². The topological polar surface area (TPSA) is 86.4 Å². The van der Waals surface area contributed by atoms with E-state index in [1.54, 1.807) is 6.92 Å². The third-order valence-corrected chi connectivity index (χ3v) is 6.51. The number of hydrogen-bond donors (Lipinski definition) is 1. The van der Waals surface area contributed by atoms with Crippen LogP contribution < -0.4 is 5.56 Å². The van der Waals surface area contributed by atoms with Crippen molar-refractivity contribution < 1.29 is 9.59 Å². The summed E-state index contributed by atoms with van der Waals surface area (Å²) in [5.74, 6) is 0.580. The molecule has 7 nitrogen and oxygen atoms in total. The molecule has 0 radical (unpaired) electrons. The summed E-state index contributed by atoms with van der Waals surface area (Å²) in [7, 11) is 0. The van der Waals surface area contributed by atoms with Crippen LogP contribution in [0.5, 0.6) is 0 Å². The maximum atomic E-state index is 12.6. The first-order valence-electron chi connectivity index (χ1n) is 9.54. The van der Waals surface area contributed by atoms with Crippen molar-refractivity contribution in [1.29, 1.82) is 0 Å². The van der Waals surface area contributed by atoms with Crippen LogP contribution in [0.25, 0.3) is 10.2 Å². The van der Waals surface area contributed by atoms with Crippen LogP contribution in [-0.4, -0.2) is 57.6 Å². The lowest BCUT2D eigenvalue weighted by molar-refractivity contribution is 0.0625. The van der Waals surface area contributed by atoms with E-state index in [1.165, 1.54) is 18.3 Å². The van der Waals surface area contributed by atoms with Gasteiger partial charge in [-0.15, -0.1) is 11.3 Å². The highest BCUT2D eigenvalue weighted by atomic mass is 32.1. The van der Waals surface area contributed by atoms with Gasteiger partial charge in [-0.25, -0.2) is 4.98 Å². The number of rotatable bonds is 4. The van der Waals surface area contributed by atoms with Gasteiger partial charge in [-0.3, -0.25) is 19.3 Å². The Morgan fingerprint density at radius 3 is 2.48 bits per heavy atom. The standard InChI is InChI=1S/C21H22N4O3S/c1-13-17-19(27)22-16(23-20(17)29-18(13)14(2)26)12-24-8-10-25(11-9-24)21(28)15-6-4-3-5-7-15/h3-7H,8-12H2,1-2H3,(H,22,23,27). The number of nitrogens with one attached hydrogen (secondary N) is 1. The number of carbonyl (C=O) groups is 2. The van der Waals surface area contributed by atoms with E-state index < -0.39 is 0 Å². The second kappa shape index (κ2) is 7.88. The number of nitrogens with zero attached hydrogens (tertiary/aromatic N) is 3. The first-order chi connectivity index (χ1) is 13.9. The van der Waals surface area contributed by atoms with Gasteiger partial charge in [0, 0.05) is 31.7 Å². The SMILES string of the molecule is CC(=O)c1sc2nc(CN3CCN(C(=O)c4ccccc4)CC3)[nH]c(=O)c2c1C. The van der Waals surface area contributed by atoms with Crippen molar-refractivity contribution in [2.75, 3.05) is 26.2 Å². The summed E-state index contributed by atoms with van der Waals surface area (Å²) in [5.41, 5.74) is 1.20. The third-order valence-electron chi connectivity index (χ3n) is 5.22. The molecule has 1 saturated heterocycles. The van der Waals surface area contributed by atoms with Gasteiger partial charge in [-0.1, -0.05) is 18.2 Å². The first kappa shape index (κ1) is 19.5. The molecule has 1 aromatic carbocycles. The van der Waals surface area contributed by atoms with Crippen molar-refractivity contribution in [2.24, 2.45) is 0 Å². The predicted molar refractivity (Wildman–Crippen MR) is 113 cm³/mol. The zero-order chi connectivity index (χ0) is 20.5. The molecular formula is C21H22N4O3S. The number of ketones is 1. The molecule has 1 aliphatic heterocycles. The lowest BCUT2D eigenvalue weighted by atomic mass is 10.2. The number of thiophene rings is 1. The summed E-state index contributed by atoms with van der Waals surface area (Å²) in [4.78, 5) is 49.5. The van der Waals surface area contributed by atoms with Gasteiger partial charge < -0.3 is 9.88 Å². The lowest BCUT2D eigenvalue weighted by Crippen LogP contribution is -2.48. The molecule has 1 fully saturated rings. The molecule has 0 atom stereocenters. The minimum Gasteiger partial charge on any atom is -0.336 e. The lowest BCUT2D eigenvalue weighted by Gasteiger charge is -2.34. The van der Waals surface area contributed by atoms with Crippen LogP contribution in [0.4, 0.5) is 0 Å². The smallest absolute Gasteiger partial charge is 0.259 e. The average molecular weight is 410 g/mol. The Hall–Kier alpha value is -2.84. The highest BCUT2D eigenvalue weighted by Gasteiger charge is 2.23. The van der Waals surface area contributed by atoms with Crippen LogP contribution >= 0.6 is 11.3 Å². The van der Waals surface area contributed by atoms with Crippen LogP contribution in [0, 0.1) is 6.92 Å². The van der Waals surface area contributed by atoms with E-state index in [4.69, 9.17) is 0 Å². The number of aromatic amines is 1. The van der Waals surface area contributed by atoms with E-state index in [0.717, 1.165) is 0 Å². The monoisotopic (exact) mass is 410 g/mol. The van der Waals surface area contributed by atoms with Gasteiger partial charge in [0.25, 0.3) is 11.5 Å². The second-order valence-corrected chi connectivity index (χ2v) is 8.24. The second-order valence-electron chi connectivity index (χ2n) is 7.24. The van der Waals surface area contributed by atoms with Gasteiger partial charge in [0.2, 0.25) is 0 Å². The number of carbonyl (C=O) groups excluding carboxylic acids is 2. The predicted octanol–water partition coefficient (Wildman–Crippen LogP) is 2.45. The van der Waals surface area contributed by atoms with Crippen LogP contribution in [0.15, 0.2) is 35.1 Å². The number of hydrogen-bond acceptors (Lipinski definition) is 6. The Labute approximate surface area is 172 Å². The molecule has 0 saturated carbocycles. The molecule has 0 unspecified atom stereocenters. The third kappa shape index (κ3) is 3.86. The summed E-state index contributed by atoms with van der Waals surface area (Å²) in [6.07, 6.45) is 0. The number of benzene rings is 1. The summed E-state index contributed by atoms with van der Waals surface area (Å²) in [6, 6.07) is 9.29. The molecule has 1 aliphatic rings. The Bertz CT molecular complexity index is 1130. The van der Waals surface area contributed by atoms with E-state index in [0.29, 0.717) is 64.8 Å². The molecular weight excluding hydrogens is 388 g/mol. The number of fused-ring (bicyclic) bond motifs is 1. The van der Waals surface area contributed by atoms with Crippen molar-refractivity contribution in [2.45, 2.75) is 20.4 Å². The average Bonchev–Trinajstić information content (AvgIpc) is 3.06. The van der Waals surface area contributed by atoms with Crippen molar-refractivity contribution in [1.82, 2.24) is 19.8 Å². The molecule has 2 aromatic heterocycles. The maximum absolute atomic E-state index is 12.6. The molecule has 1 amide bonds. The summed E-state index contributed by atoms with van der Waals surface area (Å²) < 4.78 is 0. The fraction of sp³-hybridized carbons (Fsp3) is 0.333. The number of piperazine rings is 1. The van der Waals surface area contributed by atoms with Crippen molar-refractivity contribution >= 4 is 33.2 Å². The summed E-state index contributed by atoms with van der Waals surface area (Å²) in [6.45, 7) is 6.48. The van der Waals surface area contributed by atoms with E-state index in [9.17, 15) is 14.4 Å². The number of aromatic nitrogens is 2. The molecule has 4 rings (SSSR count). The quantitative estimate of drug-likeness (QED) is 0.668. The Morgan fingerprint density at radius 1 is 1.14 bits per heavy atom. The van der Waals surface area contributed by atoms with Gasteiger partial charge in [0.1, 0.15) is 10.7 Å². The van der Waals surface area contributed by atoms with E-state index >= 15 is 0 Å². The van der Waals surface area contributed by atoms with Crippen molar-refractivity contribution in [3.05, 3.63) is 62.5 Å². The molecule has 8 heteroatoms. The fourth-order valence-corrected chi connectivity index (χ4v) is 4.78. The highest BCUT2D eigenvalue weighted by molar-refractivity contribution is 7.20. The first-order valence-corrected chi connectivity index (χ1v) is 10.4. The maximum Gasteiger partial charge on any atom is 0.259 e. The Kier molecular flexibility index (Phi) is 5.29. The van der Waals surface area contributed by atoms with Crippen LogP contribution in [0.1, 0.15) is 38.3 Å². The van der Waals surface area contributed by atoms with Crippen molar-refractivity contribution in [3.63, 3.8) is 0 Å². The zero-order valence-corrected chi connectivity index (χ0v) is 17.2. The molecule has 0 aliphatic carbocycles. The fourth-order valence-electron chi connectivity index (χ4n) is 3.68. The number of H-pyrrole nitrogens is 1. The van der Waals surface area contributed by atoms with Gasteiger partial charge in [-0.2, -0.15) is 0 Å². The molecule has 29 heavy (non-hydrogen) atoms. The van der Waals surface area contributed by atoms with Gasteiger partial charge >= 0.3 is 0 Å².